The topological polar surface area (TPSA) is 51.8 Å². The van der Waals surface area contributed by atoms with Crippen LogP contribution in [0.2, 0.25) is 5.28 Å². The summed E-state index contributed by atoms with van der Waals surface area (Å²) in [6.45, 7) is 0. The summed E-state index contributed by atoms with van der Waals surface area (Å²) in [6.07, 6.45) is 0. The van der Waals surface area contributed by atoms with E-state index in [4.69, 9.17) is 27.9 Å². The summed E-state index contributed by atoms with van der Waals surface area (Å²) in [4.78, 5) is 13.6. The van der Waals surface area contributed by atoms with E-state index in [1.165, 1.54) is 0 Å². The number of aromatic nitrogens is 3. The van der Waals surface area contributed by atoms with E-state index in [2.05, 4.69) is 16.0 Å². The van der Waals surface area contributed by atoms with E-state index >= 15 is 0 Å². The Kier molecular flexibility index (Phi) is 4.67. The van der Waals surface area contributed by atoms with E-state index in [1.807, 2.05) is 91.0 Å². The summed E-state index contributed by atoms with van der Waals surface area (Å²) in [5.74, 6) is 0.879. The number of hydrogen-bond acceptors (Lipinski definition) is 4. The van der Waals surface area contributed by atoms with Gasteiger partial charge in [-0.05, 0) is 81.0 Å². The van der Waals surface area contributed by atoms with E-state index in [-0.39, 0.29) is 35.0 Å². The van der Waals surface area contributed by atoms with Crippen molar-refractivity contribution in [1.29, 1.82) is 0 Å². The highest BCUT2D eigenvalue weighted by Gasteiger charge is 2.13. The van der Waals surface area contributed by atoms with Gasteiger partial charge in [0.2, 0.25) is 5.28 Å². The Labute approximate surface area is 253 Å². The first-order valence-electron chi connectivity index (χ1n) is 15.8. The molecule has 2 aromatic heterocycles. The Balaban J connectivity index is 1.14. The number of fused-ring (bicyclic) bond motifs is 4. The molecule has 0 radical (unpaired) electrons. The van der Waals surface area contributed by atoms with Gasteiger partial charge in [-0.25, -0.2) is 4.98 Å². The fourth-order valence-corrected chi connectivity index (χ4v) is 5.45. The minimum atomic E-state index is -0.406. The molecule has 42 heavy (non-hydrogen) atoms. The molecule has 0 spiro atoms. The highest BCUT2D eigenvalue weighted by Crippen LogP contribution is 2.33. The van der Waals surface area contributed by atoms with E-state index in [0.29, 0.717) is 17.2 Å². The third-order valence-electron chi connectivity index (χ3n) is 7.33. The highest BCUT2D eigenvalue weighted by molar-refractivity contribution is 6.28. The Morgan fingerprint density at radius 2 is 1.12 bits per heavy atom. The molecule has 2 heterocycles. The van der Waals surface area contributed by atoms with Gasteiger partial charge in [0.15, 0.2) is 11.6 Å². The van der Waals surface area contributed by atoms with E-state index in [0.717, 1.165) is 55.0 Å². The Morgan fingerprint density at radius 3 is 1.90 bits per heavy atom. The molecule has 8 rings (SSSR count). The highest BCUT2D eigenvalue weighted by atomic mass is 35.5. The maximum atomic E-state index is 8.35. The third-order valence-corrected chi connectivity index (χ3v) is 7.50. The van der Waals surface area contributed by atoms with Crippen molar-refractivity contribution in [2.75, 3.05) is 0 Å². The van der Waals surface area contributed by atoms with Crippen molar-refractivity contribution in [3.63, 3.8) is 0 Å². The van der Waals surface area contributed by atoms with Crippen LogP contribution in [0.4, 0.5) is 0 Å². The summed E-state index contributed by atoms with van der Waals surface area (Å²) in [6, 6.07) is 31.6. The minimum absolute atomic E-state index is 0.0840. The molecule has 8 aromatic rings. The number of hydrogen-bond donors (Lipinski definition) is 0. The fourth-order valence-electron chi connectivity index (χ4n) is 5.29. The molecule has 0 N–H and O–H groups in total. The molecule has 4 nitrogen and oxygen atoms in total. The molecule has 0 bridgehead atoms. The molecule has 5 heteroatoms. The zero-order valence-electron chi connectivity index (χ0n) is 26.9. The first kappa shape index (κ1) is 19.7. The van der Waals surface area contributed by atoms with Gasteiger partial charge in [-0.1, -0.05) is 96.9 Å². The van der Waals surface area contributed by atoms with Gasteiger partial charge in [0, 0.05) is 21.9 Å². The maximum Gasteiger partial charge on any atom is 0.226 e. The predicted octanol–water partition coefficient (Wildman–Crippen LogP) is 10.2. The molecule has 198 valence electrons. The van der Waals surface area contributed by atoms with Gasteiger partial charge in [0.25, 0.3) is 0 Å². The van der Waals surface area contributed by atoms with Gasteiger partial charge < -0.3 is 4.42 Å². The summed E-state index contributed by atoms with van der Waals surface area (Å²) in [5, 5.41) is 3.96. The Bertz CT molecular complexity index is 2540. The van der Waals surface area contributed by atoms with Crippen LogP contribution < -0.4 is 0 Å². The standard InChI is InChI=1S/C37H22ClN3O/c38-37-40-35(39-36(41-37)30-17-18-32-31-11-4-5-12-33(31)42-34(32)22-30)29-10-6-9-24(21-29)26-15-16-27-19-25(13-14-28(27)20-26)23-7-2-1-3-8-23/h1-22H/i1D,2D,3D,7D,8D. The summed E-state index contributed by atoms with van der Waals surface area (Å²) < 4.78 is 46.7. The number of para-hydroxylation sites is 1. The van der Waals surface area contributed by atoms with Crippen molar-refractivity contribution >= 4 is 44.3 Å². The quantitative estimate of drug-likeness (QED) is 0.213. The normalized spacial score (nSPS) is 13.1. The molecule has 0 fully saturated rings. The lowest BCUT2D eigenvalue weighted by Crippen LogP contribution is -1.97. The van der Waals surface area contributed by atoms with Crippen LogP contribution in [0.3, 0.4) is 0 Å². The van der Waals surface area contributed by atoms with Gasteiger partial charge >= 0.3 is 0 Å². The van der Waals surface area contributed by atoms with Gasteiger partial charge in [-0.2, -0.15) is 9.97 Å². The lowest BCUT2D eigenvalue weighted by atomic mass is 9.97. The van der Waals surface area contributed by atoms with Crippen LogP contribution in [0, 0.1) is 0 Å². The van der Waals surface area contributed by atoms with Crippen LogP contribution in [0.15, 0.2) is 138 Å². The summed E-state index contributed by atoms with van der Waals surface area (Å²) in [7, 11) is 0. The molecule has 0 saturated heterocycles. The largest absolute Gasteiger partial charge is 0.456 e. The average molecular weight is 565 g/mol. The van der Waals surface area contributed by atoms with Crippen molar-refractivity contribution in [2.45, 2.75) is 0 Å². The van der Waals surface area contributed by atoms with E-state index in [9.17, 15) is 0 Å². The molecule has 0 amide bonds. The van der Waals surface area contributed by atoms with Gasteiger partial charge in [-0.3, -0.25) is 0 Å². The Morgan fingerprint density at radius 1 is 0.500 bits per heavy atom. The fraction of sp³-hybridized carbons (Fsp3) is 0. The second kappa shape index (κ2) is 9.95. The first-order chi connectivity index (χ1) is 22.7. The lowest BCUT2D eigenvalue weighted by Gasteiger charge is -2.09. The van der Waals surface area contributed by atoms with Crippen LogP contribution in [0.25, 0.3) is 77.7 Å². The predicted molar refractivity (Wildman–Crippen MR) is 171 cm³/mol. The molecule has 0 atom stereocenters. The molecular formula is C37H22ClN3O. The third kappa shape index (κ3) is 4.39. The lowest BCUT2D eigenvalue weighted by molar-refractivity contribution is 0.669. The maximum absolute atomic E-state index is 8.35. The molecule has 0 aliphatic rings. The smallest absolute Gasteiger partial charge is 0.226 e. The zero-order valence-corrected chi connectivity index (χ0v) is 22.7. The van der Waals surface area contributed by atoms with Crippen molar-refractivity contribution < 1.29 is 11.3 Å². The number of halogens is 1. The molecule has 0 unspecified atom stereocenters. The molecule has 6 aromatic carbocycles. The Hall–Kier alpha value is -5.32. The SMILES string of the molecule is [2H]c1c([2H])c([2H])c(-c2ccc3cc(-c4cccc(-c5nc(Cl)nc(-c6ccc7c(c6)oc6ccccc67)n5)c4)ccc3c2)c([2H])c1[2H]. The number of nitrogens with zero attached hydrogens (tertiary/aromatic N) is 3. The van der Waals surface area contributed by atoms with Crippen molar-refractivity contribution in [3.05, 3.63) is 139 Å². The molecule has 0 aliphatic carbocycles. The number of benzene rings is 6. The van der Waals surface area contributed by atoms with Crippen molar-refractivity contribution in [3.8, 4) is 45.0 Å². The monoisotopic (exact) mass is 564 g/mol. The van der Waals surface area contributed by atoms with Crippen LogP contribution in [-0.2, 0) is 0 Å². The minimum Gasteiger partial charge on any atom is -0.456 e. The molecule has 0 saturated carbocycles. The van der Waals surface area contributed by atoms with Crippen LogP contribution in [0.1, 0.15) is 6.85 Å². The summed E-state index contributed by atoms with van der Waals surface area (Å²) in [5.41, 5.74) is 5.74. The van der Waals surface area contributed by atoms with Crippen LogP contribution in [-0.4, -0.2) is 15.0 Å². The van der Waals surface area contributed by atoms with E-state index in [1.54, 1.807) is 6.07 Å². The van der Waals surface area contributed by atoms with Gasteiger partial charge in [0.05, 0.1) is 6.85 Å². The van der Waals surface area contributed by atoms with Crippen molar-refractivity contribution in [2.24, 2.45) is 0 Å². The van der Waals surface area contributed by atoms with Crippen molar-refractivity contribution in [1.82, 2.24) is 15.0 Å². The second-order valence-corrected chi connectivity index (χ2v) is 10.3. The van der Waals surface area contributed by atoms with Gasteiger partial charge in [0.1, 0.15) is 11.2 Å². The number of rotatable bonds is 4. The van der Waals surface area contributed by atoms with Gasteiger partial charge in [-0.15, -0.1) is 0 Å². The number of furan rings is 1. The van der Waals surface area contributed by atoms with Crippen LogP contribution in [0.5, 0.6) is 0 Å². The average Bonchev–Trinajstić information content (AvgIpc) is 3.47. The first-order valence-corrected chi connectivity index (χ1v) is 13.7. The molecule has 0 aliphatic heterocycles. The molecular weight excluding hydrogens is 538 g/mol. The van der Waals surface area contributed by atoms with Crippen LogP contribution >= 0.6 is 11.6 Å². The van der Waals surface area contributed by atoms with E-state index < -0.39 is 6.04 Å². The second-order valence-electron chi connectivity index (χ2n) is 9.92. The summed E-state index contributed by atoms with van der Waals surface area (Å²) >= 11 is 6.42. The zero-order chi connectivity index (χ0) is 32.4.